The third-order valence-corrected chi connectivity index (χ3v) is 6.50. The van der Waals surface area contributed by atoms with Crippen molar-refractivity contribution in [2.45, 2.75) is 19.3 Å². The minimum atomic E-state index is 0.0301. The average molecular weight is 216 g/mol. The van der Waals surface area contributed by atoms with E-state index < -0.39 is 0 Å². The number of ether oxygens (including phenoxy) is 1. The van der Waals surface area contributed by atoms with E-state index >= 15 is 0 Å². The van der Waals surface area contributed by atoms with E-state index in [0.29, 0.717) is 5.41 Å². The zero-order valence-corrected chi connectivity index (χ0v) is 9.48. The number of esters is 1. The predicted molar refractivity (Wildman–Crippen MR) is 57.3 cm³/mol. The van der Waals surface area contributed by atoms with Gasteiger partial charge in [0.1, 0.15) is 0 Å². The normalized spacial score (nSPS) is 62.2. The van der Waals surface area contributed by atoms with E-state index in [1.807, 2.05) is 0 Å². The zero-order valence-electron chi connectivity index (χ0n) is 9.48. The van der Waals surface area contributed by atoms with Crippen LogP contribution in [0.2, 0.25) is 0 Å². The van der Waals surface area contributed by atoms with E-state index in [9.17, 15) is 4.79 Å². The molecule has 5 fully saturated rings. The first-order valence-corrected chi connectivity index (χ1v) is 6.56. The highest BCUT2D eigenvalue weighted by atomic mass is 16.5. The molecule has 0 radical (unpaired) electrons. The van der Waals surface area contributed by atoms with Crippen LogP contribution in [0.25, 0.3) is 0 Å². The van der Waals surface area contributed by atoms with Gasteiger partial charge >= 0.3 is 5.97 Å². The highest BCUT2D eigenvalue weighted by Gasteiger charge is 2.83. The zero-order chi connectivity index (χ0) is 10.7. The minimum Gasteiger partial charge on any atom is -0.469 e. The van der Waals surface area contributed by atoms with E-state index in [0.717, 1.165) is 42.4 Å². The molecule has 0 amide bonds. The molecule has 1 spiro atoms. The van der Waals surface area contributed by atoms with Gasteiger partial charge in [0, 0.05) is 0 Å². The van der Waals surface area contributed by atoms with Crippen molar-refractivity contribution in [1.29, 1.82) is 0 Å². The molecule has 0 saturated heterocycles. The summed E-state index contributed by atoms with van der Waals surface area (Å²) in [7, 11) is 1.53. The fourth-order valence-electron chi connectivity index (χ4n) is 6.30. The van der Waals surface area contributed by atoms with Crippen LogP contribution in [-0.2, 0) is 9.53 Å². The summed E-state index contributed by atoms with van der Waals surface area (Å²) in [6, 6.07) is 0. The second kappa shape index (κ2) is 2.12. The topological polar surface area (TPSA) is 26.3 Å². The van der Waals surface area contributed by atoms with Crippen LogP contribution in [0, 0.1) is 40.9 Å². The summed E-state index contributed by atoms with van der Waals surface area (Å²) in [5.41, 5.74) is 2.15. The van der Waals surface area contributed by atoms with Crippen LogP contribution in [-0.4, -0.2) is 13.1 Å². The Hall–Kier alpha value is -0.790. The first kappa shape index (κ1) is 8.32. The summed E-state index contributed by atoms with van der Waals surface area (Å²) in [6.45, 7) is 0. The van der Waals surface area contributed by atoms with Gasteiger partial charge in [-0.3, -0.25) is 4.79 Å². The standard InChI is InChI=1S/C14H16O2/c1-16-13(15)6-2-7-3-8-10-4-9-11(8)12(9)14(7,10)5-6/h3,6,8-12H,2,4-5H2,1H3/t6-,8?,9?,10?,11?,12?,14?/m1/s1. The van der Waals surface area contributed by atoms with E-state index in [4.69, 9.17) is 4.74 Å². The number of carbonyl (C=O) groups excluding carboxylic acids is 1. The van der Waals surface area contributed by atoms with Crippen molar-refractivity contribution < 1.29 is 9.53 Å². The largest absolute Gasteiger partial charge is 0.469 e. The summed E-state index contributed by atoms with van der Waals surface area (Å²) in [4.78, 5) is 11.7. The molecule has 6 unspecified atom stereocenters. The summed E-state index contributed by atoms with van der Waals surface area (Å²) in [5, 5.41) is 0. The van der Waals surface area contributed by atoms with Gasteiger partial charge in [0.05, 0.1) is 13.0 Å². The summed E-state index contributed by atoms with van der Waals surface area (Å²) >= 11 is 0. The molecule has 0 aliphatic heterocycles. The predicted octanol–water partition coefficient (Wildman–Crippen LogP) is 2.01. The Kier molecular flexibility index (Phi) is 1.10. The molecule has 0 N–H and O–H groups in total. The monoisotopic (exact) mass is 216 g/mol. The van der Waals surface area contributed by atoms with Crippen LogP contribution in [0.1, 0.15) is 19.3 Å². The van der Waals surface area contributed by atoms with Crippen molar-refractivity contribution in [3.63, 3.8) is 0 Å². The minimum absolute atomic E-state index is 0.0301. The van der Waals surface area contributed by atoms with Gasteiger partial charge in [-0.2, -0.15) is 0 Å². The molecule has 0 aromatic carbocycles. The Morgan fingerprint density at radius 1 is 1.56 bits per heavy atom. The molecule has 2 heteroatoms. The van der Waals surface area contributed by atoms with E-state index in [-0.39, 0.29) is 11.9 Å². The Balaban J connectivity index is 1.59. The SMILES string of the molecule is COC(=O)[C@@H]1CC2=CC3C4C5CC3C2(C1)C54. The molecule has 0 aromatic rings. The average Bonchev–Trinajstić information content (AvgIpc) is 2.69. The highest BCUT2D eigenvalue weighted by molar-refractivity contribution is 5.74. The number of hydrogen-bond donors (Lipinski definition) is 0. The molecule has 6 bridgehead atoms. The first-order valence-electron chi connectivity index (χ1n) is 6.56. The van der Waals surface area contributed by atoms with E-state index in [1.165, 1.54) is 13.5 Å². The van der Waals surface area contributed by atoms with Crippen molar-refractivity contribution in [3.05, 3.63) is 11.6 Å². The van der Waals surface area contributed by atoms with Gasteiger partial charge < -0.3 is 4.74 Å². The van der Waals surface area contributed by atoms with Crippen molar-refractivity contribution in [3.8, 4) is 0 Å². The third-order valence-electron chi connectivity index (χ3n) is 6.50. The molecule has 0 heterocycles. The molecule has 6 aliphatic carbocycles. The van der Waals surface area contributed by atoms with Crippen LogP contribution in [0.3, 0.4) is 0 Å². The van der Waals surface area contributed by atoms with Crippen LogP contribution in [0.15, 0.2) is 11.6 Å². The van der Waals surface area contributed by atoms with Gasteiger partial charge in [-0.1, -0.05) is 11.6 Å². The lowest BCUT2D eigenvalue weighted by Crippen LogP contribution is -2.23. The third kappa shape index (κ3) is 0.581. The van der Waals surface area contributed by atoms with Gasteiger partial charge in [-0.05, 0) is 54.3 Å². The molecule has 5 saturated carbocycles. The van der Waals surface area contributed by atoms with E-state index in [1.54, 1.807) is 5.57 Å². The molecule has 6 aliphatic rings. The number of allylic oxidation sites excluding steroid dienone is 2. The maximum atomic E-state index is 11.7. The van der Waals surface area contributed by atoms with Gasteiger partial charge in [0.25, 0.3) is 0 Å². The van der Waals surface area contributed by atoms with Gasteiger partial charge in [-0.15, -0.1) is 0 Å². The summed E-state index contributed by atoms with van der Waals surface area (Å²) in [6.07, 6.45) is 6.15. The number of hydrogen-bond acceptors (Lipinski definition) is 2. The smallest absolute Gasteiger partial charge is 0.309 e. The van der Waals surface area contributed by atoms with Gasteiger partial charge in [0.2, 0.25) is 0 Å². The van der Waals surface area contributed by atoms with Crippen LogP contribution in [0.5, 0.6) is 0 Å². The van der Waals surface area contributed by atoms with Crippen LogP contribution in [0.4, 0.5) is 0 Å². The lowest BCUT2D eigenvalue weighted by Gasteiger charge is -2.27. The van der Waals surface area contributed by atoms with Gasteiger partial charge in [-0.25, -0.2) is 0 Å². The Morgan fingerprint density at radius 2 is 2.44 bits per heavy atom. The fraction of sp³-hybridized carbons (Fsp3) is 0.786. The molecule has 84 valence electrons. The first-order chi connectivity index (χ1) is 7.77. The molecular formula is C14H16O2. The van der Waals surface area contributed by atoms with E-state index in [2.05, 4.69) is 6.08 Å². The molecule has 0 aromatic heterocycles. The lowest BCUT2D eigenvalue weighted by molar-refractivity contribution is -0.145. The summed E-state index contributed by atoms with van der Waals surface area (Å²) < 4.78 is 4.93. The second-order valence-electron chi connectivity index (χ2n) is 6.55. The van der Waals surface area contributed by atoms with Gasteiger partial charge in [0.15, 0.2) is 0 Å². The molecule has 2 nitrogen and oxygen atoms in total. The summed E-state index contributed by atoms with van der Waals surface area (Å²) in [5.74, 6) is 5.11. The quantitative estimate of drug-likeness (QED) is 0.495. The number of methoxy groups -OCH3 is 1. The van der Waals surface area contributed by atoms with Crippen LogP contribution >= 0.6 is 0 Å². The Morgan fingerprint density at radius 3 is 3.12 bits per heavy atom. The highest BCUT2D eigenvalue weighted by Crippen LogP contribution is 2.88. The molecule has 6 rings (SSSR count). The maximum Gasteiger partial charge on any atom is 0.309 e. The van der Waals surface area contributed by atoms with Crippen molar-refractivity contribution >= 4 is 5.97 Å². The molecule has 7 atom stereocenters. The molecular weight excluding hydrogens is 200 g/mol. The van der Waals surface area contributed by atoms with Crippen molar-refractivity contribution in [2.75, 3.05) is 7.11 Å². The fourth-order valence-corrected chi connectivity index (χ4v) is 6.30. The second-order valence-corrected chi connectivity index (χ2v) is 6.55. The van der Waals surface area contributed by atoms with Crippen molar-refractivity contribution in [1.82, 2.24) is 0 Å². The van der Waals surface area contributed by atoms with Crippen molar-refractivity contribution in [2.24, 2.45) is 40.9 Å². The Labute approximate surface area is 95.0 Å². The Bertz CT molecular complexity index is 452. The maximum absolute atomic E-state index is 11.7. The lowest BCUT2D eigenvalue weighted by atomic mass is 9.76. The number of rotatable bonds is 1. The molecule has 16 heavy (non-hydrogen) atoms. The number of carbonyl (C=O) groups is 1. The van der Waals surface area contributed by atoms with Crippen LogP contribution < -0.4 is 0 Å².